The van der Waals surface area contributed by atoms with Gasteiger partial charge in [-0.15, -0.1) is 12.6 Å². The number of phenols is 1. The summed E-state index contributed by atoms with van der Waals surface area (Å²) in [5, 5.41) is 10.5. The highest BCUT2D eigenvalue weighted by Crippen LogP contribution is 2.42. The molecule has 1 aromatic carbocycles. The van der Waals surface area contributed by atoms with Gasteiger partial charge in [0.2, 0.25) is 0 Å². The molecule has 0 saturated heterocycles. The second kappa shape index (κ2) is 6.51. The quantitative estimate of drug-likeness (QED) is 0.497. The van der Waals surface area contributed by atoms with Crippen molar-refractivity contribution in [1.29, 1.82) is 0 Å². The summed E-state index contributed by atoms with van der Waals surface area (Å²) in [5.41, 5.74) is 3.51. The second-order valence-electron chi connectivity index (χ2n) is 6.26. The summed E-state index contributed by atoms with van der Waals surface area (Å²) in [6.45, 7) is 2.03. The number of fused-ring (bicyclic) bond motifs is 1. The summed E-state index contributed by atoms with van der Waals surface area (Å²) >= 11 is 3.91. The van der Waals surface area contributed by atoms with Crippen molar-refractivity contribution in [3.05, 3.63) is 33.9 Å². The highest BCUT2D eigenvalue weighted by Gasteiger charge is 2.32. The van der Waals surface area contributed by atoms with E-state index in [9.17, 15) is 14.7 Å². The monoisotopic (exact) mass is 348 g/mol. The standard InChI is InChI=1S/C18H20O5S/c1-9-13-8-23-17(20)14(13)15(19)12(16(9)22-2)6-4-10-3-5-11(7-10)18(21)24/h4,11,19H,3,5-8H2,1-2H3,(H,21,24)/t11-/m0/s1. The number of carbonyl (C=O) groups is 2. The van der Waals surface area contributed by atoms with Gasteiger partial charge in [0.25, 0.3) is 0 Å². The molecule has 1 atom stereocenters. The number of phenolic OH excluding ortho intramolecular Hbond substituents is 1. The van der Waals surface area contributed by atoms with E-state index in [2.05, 4.69) is 12.6 Å². The summed E-state index contributed by atoms with van der Waals surface area (Å²) in [4.78, 5) is 23.2. The van der Waals surface area contributed by atoms with Gasteiger partial charge in [-0.05, 0) is 38.2 Å². The lowest BCUT2D eigenvalue weighted by Crippen LogP contribution is -2.03. The Kier molecular flexibility index (Phi) is 4.58. The lowest BCUT2D eigenvalue weighted by molar-refractivity contribution is -0.113. The first-order valence-electron chi connectivity index (χ1n) is 7.93. The van der Waals surface area contributed by atoms with Gasteiger partial charge in [0.05, 0.1) is 7.11 Å². The van der Waals surface area contributed by atoms with Gasteiger partial charge in [0.1, 0.15) is 23.7 Å². The fraction of sp³-hybridized carbons (Fsp3) is 0.444. The van der Waals surface area contributed by atoms with Crippen LogP contribution in [0.25, 0.3) is 0 Å². The van der Waals surface area contributed by atoms with Crippen molar-refractivity contribution in [1.82, 2.24) is 0 Å². The zero-order valence-electron chi connectivity index (χ0n) is 13.7. The van der Waals surface area contributed by atoms with Crippen LogP contribution in [0.4, 0.5) is 0 Å². The average molecular weight is 348 g/mol. The van der Waals surface area contributed by atoms with Crippen molar-refractivity contribution < 1.29 is 24.2 Å². The van der Waals surface area contributed by atoms with Gasteiger partial charge in [0.15, 0.2) is 5.12 Å². The van der Waals surface area contributed by atoms with E-state index in [0.717, 1.165) is 18.4 Å². The zero-order valence-corrected chi connectivity index (χ0v) is 14.6. The van der Waals surface area contributed by atoms with Crippen molar-refractivity contribution in [2.24, 2.45) is 5.92 Å². The third-order valence-electron chi connectivity index (χ3n) is 4.91. The molecule has 1 N–H and O–H groups in total. The number of cyclic esters (lactones) is 1. The molecular formula is C18H20O5S. The molecular weight excluding hydrogens is 328 g/mol. The van der Waals surface area contributed by atoms with Crippen LogP contribution in [0.15, 0.2) is 11.6 Å². The van der Waals surface area contributed by atoms with Crippen LogP contribution in [-0.2, 0) is 22.6 Å². The van der Waals surface area contributed by atoms with Crippen LogP contribution in [0.5, 0.6) is 11.5 Å². The Balaban J connectivity index is 1.94. The van der Waals surface area contributed by atoms with Crippen LogP contribution in [0.1, 0.15) is 46.3 Å². The lowest BCUT2D eigenvalue weighted by atomic mass is 9.94. The highest BCUT2D eigenvalue weighted by atomic mass is 32.1. The molecule has 0 unspecified atom stereocenters. The van der Waals surface area contributed by atoms with E-state index < -0.39 is 5.97 Å². The molecule has 1 aromatic rings. The molecule has 5 nitrogen and oxygen atoms in total. The van der Waals surface area contributed by atoms with Crippen molar-refractivity contribution in [3.63, 3.8) is 0 Å². The van der Waals surface area contributed by atoms with Gasteiger partial charge in [-0.1, -0.05) is 11.6 Å². The fourth-order valence-electron chi connectivity index (χ4n) is 3.55. The van der Waals surface area contributed by atoms with Crippen molar-refractivity contribution in [2.45, 2.75) is 39.2 Å². The van der Waals surface area contributed by atoms with E-state index in [1.807, 2.05) is 13.0 Å². The number of hydrogen-bond donors (Lipinski definition) is 2. The fourth-order valence-corrected chi connectivity index (χ4v) is 3.77. The number of allylic oxidation sites excluding steroid dienone is 2. The van der Waals surface area contributed by atoms with E-state index in [1.54, 1.807) is 7.11 Å². The Morgan fingerprint density at radius 2 is 2.25 bits per heavy atom. The topological polar surface area (TPSA) is 72.8 Å². The van der Waals surface area contributed by atoms with Crippen LogP contribution in [0.2, 0.25) is 0 Å². The first-order valence-corrected chi connectivity index (χ1v) is 8.37. The first kappa shape index (κ1) is 16.9. The number of aromatic hydroxyl groups is 1. The van der Waals surface area contributed by atoms with Crippen LogP contribution >= 0.6 is 12.6 Å². The van der Waals surface area contributed by atoms with Gasteiger partial charge < -0.3 is 14.6 Å². The molecule has 2 aliphatic rings. The predicted octanol–water partition coefficient (Wildman–Crippen LogP) is 3.11. The number of carbonyl (C=O) groups excluding carboxylic acids is 2. The molecule has 1 saturated carbocycles. The van der Waals surface area contributed by atoms with Crippen LogP contribution in [0, 0.1) is 12.8 Å². The largest absolute Gasteiger partial charge is 0.507 e. The molecule has 0 radical (unpaired) electrons. The van der Waals surface area contributed by atoms with Crippen LogP contribution in [-0.4, -0.2) is 23.3 Å². The molecule has 6 heteroatoms. The summed E-state index contributed by atoms with van der Waals surface area (Å²) in [6, 6.07) is 0. The molecule has 0 aromatic heterocycles. The van der Waals surface area contributed by atoms with E-state index in [0.29, 0.717) is 29.7 Å². The average Bonchev–Trinajstić information content (AvgIpc) is 3.16. The van der Waals surface area contributed by atoms with Gasteiger partial charge in [-0.25, -0.2) is 4.79 Å². The van der Waals surface area contributed by atoms with Crippen molar-refractivity contribution in [2.75, 3.05) is 7.11 Å². The Morgan fingerprint density at radius 1 is 1.50 bits per heavy atom. The van der Waals surface area contributed by atoms with Crippen LogP contribution in [0.3, 0.4) is 0 Å². The molecule has 1 fully saturated rings. The van der Waals surface area contributed by atoms with Gasteiger partial charge in [-0.3, -0.25) is 4.79 Å². The zero-order chi connectivity index (χ0) is 17.4. The highest BCUT2D eigenvalue weighted by molar-refractivity contribution is 7.96. The maximum atomic E-state index is 11.9. The molecule has 128 valence electrons. The number of thiol groups is 1. The number of methoxy groups -OCH3 is 1. The number of rotatable bonds is 4. The molecule has 1 heterocycles. The Bertz CT molecular complexity index is 751. The summed E-state index contributed by atoms with van der Waals surface area (Å²) in [7, 11) is 1.55. The van der Waals surface area contributed by atoms with E-state index in [4.69, 9.17) is 9.47 Å². The van der Waals surface area contributed by atoms with E-state index in [1.165, 1.54) is 5.57 Å². The minimum atomic E-state index is -0.497. The van der Waals surface area contributed by atoms with E-state index >= 15 is 0 Å². The van der Waals surface area contributed by atoms with Gasteiger partial charge in [-0.2, -0.15) is 0 Å². The Hall–Kier alpha value is -1.95. The second-order valence-corrected chi connectivity index (χ2v) is 6.70. The van der Waals surface area contributed by atoms with Gasteiger partial charge in [0, 0.05) is 17.0 Å². The summed E-state index contributed by atoms with van der Waals surface area (Å²) in [5.74, 6) is 0.00315. The summed E-state index contributed by atoms with van der Waals surface area (Å²) < 4.78 is 10.5. The Labute approximate surface area is 146 Å². The maximum absolute atomic E-state index is 11.9. The SMILES string of the molecule is COc1c(C)c2c(c(O)c1CC=C1CC[C@H](C(=O)S)C1)C(=O)OC2. The third-order valence-corrected chi connectivity index (χ3v) is 5.28. The predicted molar refractivity (Wildman–Crippen MR) is 91.6 cm³/mol. The molecule has 3 rings (SSSR count). The smallest absolute Gasteiger partial charge is 0.342 e. The maximum Gasteiger partial charge on any atom is 0.342 e. The third kappa shape index (κ3) is 2.79. The molecule has 24 heavy (non-hydrogen) atoms. The Morgan fingerprint density at radius 3 is 2.88 bits per heavy atom. The molecule has 1 aliphatic carbocycles. The number of ether oxygens (including phenoxy) is 2. The van der Waals surface area contributed by atoms with Gasteiger partial charge >= 0.3 is 5.97 Å². The molecule has 1 aliphatic heterocycles. The molecule has 0 spiro atoms. The minimum Gasteiger partial charge on any atom is -0.507 e. The molecule has 0 bridgehead atoms. The van der Waals surface area contributed by atoms with Crippen LogP contribution < -0.4 is 4.74 Å². The number of hydrogen-bond acceptors (Lipinski definition) is 5. The minimum absolute atomic E-state index is 0.0215. The molecule has 0 amide bonds. The normalized spacial score (nSPS) is 21.0. The first-order chi connectivity index (χ1) is 11.4. The van der Waals surface area contributed by atoms with E-state index in [-0.39, 0.29) is 29.0 Å². The summed E-state index contributed by atoms with van der Waals surface area (Å²) in [6.07, 6.45) is 4.83. The lowest BCUT2D eigenvalue weighted by Gasteiger charge is -2.15. The number of esters is 1. The number of benzene rings is 1. The van der Waals surface area contributed by atoms with Crippen molar-refractivity contribution in [3.8, 4) is 11.5 Å². The van der Waals surface area contributed by atoms with Crippen molar-refractivity contribution >= 4 is 23.7 Å².